The van der Waals surface area contributed by atoms with Crippen molar-refractivity contribution in [2.24, 2.45) is 0 Å². The quantitative estimate of drug-likeness (QED) is 0.897. The summed E-state index contributed by atoms with van der Waals surface area (Å²) in [6, 6.07) is 6.01. The largest absolute Gasteiger partial charge is 0.438 e. The number of anilines is 1. The van der Waals surface area contributed by atoms with Crippen molar-refractivity contribution < 1.29 is 9.13 Å². The van der Waals surface area contributed by atoms with Gasteiger partial charge in [-0.15, -0.1) is 0 Å². The Morgan fingerprint density at radius 1 is 1.30 bits per heavy atom. The number of halogens is 1. The van der Waals surface area contributed by atoms with Gasteiger partial charge in [-0.05, 0) is 25.0 Å². The Morgan fingerprint density at radius 3 is 2.75 bits per heavy atom. The lowest BCUT2D eigenvalue weighted by Gasteiger charge is -2.16. The van der Waals surface area contributed by atoms with Gasteiger partial charge in [-0.25, -0.2) is 14.4 Å². The van der Waals surface area contributed by atoms with E-state index in [-0.39, 0.29) is 11.7 Å². The van der Waals surface area contributed by atoms with E-state index >= 15 is 0 Å². The molecule has 1 N–H and O–H groups in total. The molecule has 0 bridgehead atoms. The van der Waals surface area contributed by atoms with Gasteiger partial charge in [-0.3, -0.25) is 0 Å². The number of hydrogen-bond donors (Lipinski definition) is 1. The fourth-order valence-corrected chi connectivity index (χ4v) is 1.93. The molecule has 0 aliphatic heterocycles. The van der Waals surface area contributed by atoms with Crippen molar-refractivity contribution in [2.45, 2.75) is 26.7 Å². The maximum atomic E-state index is 13.2. The third-order valence-electron chi connectivity index (χ3n) is 2.78. The summed E-state index contributed by atoms with van der Waals surface area (Å²) in [5, 5.41) is 3.19. The SMILES string of the molecule is CCNc1ncnc(Oc2cccc(F)c2)c1C(C)C. The fourth-order valence-electron chi connectivity index (χ4n) is 1.93. The highest BCUT2D eigenvalue weighted by molar-refractivity contribution is 5.51. The van der Waals surface area contributed by atoms with Crippen LogP contribution in [0.1, 0.15) is 32.3 Å². The number of benzene rings is 1. The normalized spacial score (nSPS) is 10.7. The number of ether oxygens (including phenoxy) is 1. The van der Waals surface area contributed by atoms with Crippen LogP contribution in [-0.2, 0) is 0 Å². The van der Waals surface area contributed by atoms with E-state index in [2.05, 4.69) is 15.3 Å². The lowest BCUT2D eigenvalue weighted by atomic mass is 10.1. The molecule has 2 aromatic rings. The van der Waals surface area contributed by atoms with Gasteiger partial charge in [-0.1, -0.05) is 19.9 Å². The van der Waals surface area contributed by atoms with E-state index in [1.165, 1.54) is 18.5 Å². The molecule has 0 saturated carbocycles. The van der Waals surface area contributed by atoms with Crippen LogP contribution in [0.2, 0.25) is 0 Å². The molecule has 0 aliphatic rings. The van der Waals surface area contributed by atoms with E-state index in [9.17, 15) is 4.39 Å². The molecule has 1 aromatic heterocycles. The summed E-state index contributed by atoms with van der Waals surface area (Å²) in [7, 11) is 0. The van der Waals surface area contributed by atoms with Crippen LogP contribution in [0.5, 0.6) is 11.6 Å². The molecule has 0 fully saturated rings. The van der Waals surface area contributed by atoms with Crippen molar-refractivity contribution >= 4 is 5.82 Å². The average molecular weight is 275 g/mol. The number of hydrogen-bond acceptors (Lipinski definition) is 4. The molecule has 0 radical (unpaired) electrons. The molecule has 2 rings (SSSR count). The van der Waals surface area contributed by atoms with Crippen LogP contribution in [-0.4, -0.2) is 16.5 Å². The molecule has 20 heavy (non-hydrogen) atoms. The zero-order chi connectivity index (χ0) is 14.5. The Balaban J connectivity index is 2.38. The molecule has 1 heterocycles. The van der Waals surface area contributed by atoms with Gasteiger partial charge in [0, 0.05) is 12.6 Å². The highest BCUT2D eigenvalue weighted by Gasteiger charge is 2.16. The number of rotatable bonds is 5. The first-order chi connectivity index (χ1) is 9.61. The van der Waals surface area contributed by atoms with Gasteiger partial charge in [0.2, 0.25) is 5.88 Å². The molecule has 1 aromatic carbocycles. The Kier molecular flexibility index (Phi) is 4.50. The fraction of sp³-hybridized carbons (Fsp3) is 0.333. The summed E-state index contributed by atoms with van der Waals surface area (Å²) in [6.45, 7) is 6.84. The van der Waals surface area contributed by atoms with Gasteiger partial charge in [0.25, 0.3) is 0 Å². The Bertz CT molecular complexity index is 587. The van der Waals surface area contributed by atoms with Crippen LogP contribution in [0.25, 0.3) is 0 Å². The van der Waals surface area contributed by atoms with Crippen molar-refractivity contribution in [3.63, 3.8) is 0 Å². The van der Waals surface area contributed by atoms with Crippen molar-refractivity contribution in [3.05, 3.63) is 42.0 Å². The molecule has 106 valence electrons. The molecule has 4 nitrogen and oxygen atoms in total. The maximum Gasteiger partial charge on any atom is 0.227 e. The highest BCUT2D eigenvalue weighted by Crippen LogP contribution is 2.32. The molecular weight excluding hydrogens is 257 g/mol. The smallest absolute Gasteiger partial charge is 0.227 e. The first kappa shape index (κ1) is 14.2. The second kappa shape index (κ2) is 6.32. The minimum atomic E-state index is -0.338. The molecule has 0 spiro atoms. The third-order valence-corrected chi connectivity index (χ3v) is 2.78. The van der Waals surface area contributed by atoms with Crippen LogP contribution >= 0.6 is 0 Å². The Labute approximate surface area is 118 Å². The second-order valence-corrected chi connectivity index (χ2v) is 4.69. The van der Waals surface area contributed by atoms with E-state index in [0.717, 1.165) is 17.9 Å². The van der Waals surface area contributed by atoms with Crippen molar-refractivity contribution in [2.75, 3.05) is 11.9 Å². The first-order valence-corrected chi connectivity index (χ1v) is 6.64. The molecule has 0 amide bonds. The molecule has 0 saturated heterocycles. The molecule has 5 heteroatoms. The third kappa shape index (κ3) is 3.23. The second-order valence-electron chi connectivity index (χ2n) is 4.69. The summed E-state index contributed by atoms with van der Waals surface area (Å²) >= 11 is 0. The summed E-state index contributed by atoms with van der Waals surface area (Å²) in [4.78, 5) is 8.41. The summed E-state index contributed by atoms with van der Waals surface area (Å²) < 4.78 is 18.9. The first-order valence-electron chi connectivity index (χ1n) is 6.64. The minimum Gasteiger partial charge on any atom is -0.438 e. The van der Waals surface area contributed by atoms with Crippen LogP contribution in [0.4, 0.5) is 10.2 Å². The topological polar surface area (TPSA) is 47.0 Å². The van der Waals surface area contributed by atoms with E-state index in [1.54, 1.807) is 12.1 Å². The van der Waals surface area contributed by atoms with E-state index in [1.807, 2.05) is 20.8 Å². The van der Waals surface area contributed by atoms with E-state index in [4.69, 9.17) is 4.74 Å². The van der Waals surface area contributed by atoms with Gasteiger partial charge < -0.3 is 10.1 Å². The van der Waals surface area contributed by atoms with Crippen LogP contribution in [0, 0.1) is 5.82 Å². The standard InChI is InChI=1S/C15H18FN3O/c1-4-17-14-13(10(2)3)15(19-9-18-14)20-12-7-5-6-11(16)8-12/h5-10H,4H2,1-3H3,(H,17,18,19). The predicted molar refractivity (Wildman–Crippen MR) is 76.8 cm³/mol. The lowest BCUT2D eigenvalue weighted by molar-refractivity contribution is 0.447. The van der Waals surface area contributed by atoms with Gasteiger partial charge in [0.05, 0.1) is 5.56 Å². The summed E-state index contributed by atoms with van der Waals surface area (Å²) in [6.07, 6.45) is 1.44. The molecule has 0 aliphatic carbocycles. The highest BCUT2D eigenvalue weighted by atomic mass is 19.1. The summed E-state index contributed by atoms with van der Waals surface area (Å²) in [5.41, 5.74) is 0.888. The zero-order valence-corrected chi connectivity index (χ0v) is 11.9. The van der Waals surface area contributed by atoms with Gasteiger partial charge >= 0.3 is 0 Å². The van der Waals surface area contributed by atoms with Gasteiger partial charge in [0.15, 0.2) is 0 Å². The number of nitrogens with zero attached hydrogens (tertiary/aromatic N) is 2. The predicted octanol–water partition coefficient (Wildman–Crippen LogP) is 3.96. The van der Waals surface area contributed by atoms with Crippen molar-refractivity contribution in [1.82, 2.24) is 9.97 Å². The van der Waals surface area contributed by atoms with Crippen LogP contribution in [0.3, 0.4) is 0 Å². The summed E-state index contributed by atoms with van der Waals surface area (Å²) in [5.74, 6) is 1.48. The lowest BCUT2D eigenvalue weighted by Crippen LogP contribution is -2.07. The van der Waals surface area contributed by atoms with Crippen molar-refractivity contribution in [3.8, 4) is 11.6 Å². The molecule has 0 atom stereocenters. The number of aromatic nitrogens is 2. The van der Waals surface area contributed by atoms with Crippen LogP contribution in [0.15, 0.2) is 30.6 Å². The van der Waals surface area contributed by atoms with Crippen LogP contribution < -0.4 is 10.1 Å². The van der Waals surface area contributed by atoms with Gasteiger partial charge in [0.1, 0.15) is 23.7 Å². The molecule has 0 unspecified atom stereocenters. The van der Waals surface area contributed by atoms with Crippen molar-refractivity contribution in [1.29, 1.82) is 0 Å². The Hall–Kier alpha value is -2.17. The zero-order valence-electron chi connectivity index (χ0n) is 11.9. The monoisotopic (exact) mass is 275 g/mol. The Morgan fingerprint density at radius 2 is 2.10 bits per heavy atom. The average Bonchev–Trinajstić information content (AvgIpc) is 2.39. The van der Waals surface area contributed by atoms with E-state index in [0.29, 0.717) is 11.6 Å². The maximum absolute atomic E-state index is 13.2. The molecular formula is C15H18FN3O. The van der Waals surface area contributed by atoms with E-state index < -0.39 is 0 Å². The number of nitrogens with one attached hydrogen (secondary N) is 1. The van der Waals surface area contributed by atoms with Gasteiger partial charge in [-0.2, -0.15) is 0 Å². The minimum absolute atomic E-state index is 0.189.